The van der Waals surface area contributed by atoms with Gasteiger partial charge in [-0.2, -0.15) is 0 Å². The summed E-state index contributed by atoms with van der Waals surface area (Å²) >= 11 is 6.04. The summed E-state index contributed by atoms with van der Waals surface area (Å²) in [4.78, 5) is 17.4. The third-order valence-corrected chi connectivity index (χ3v) is 7.71. The van der Waals surface area contributed by atoms with Crippen LogP contribution < -0.4 is 0 Å². The first kappa shape index (κ1) is 26.2. The van der Waals surface area contributed by atoms with Gasteiger partial charge in [0.2, 0.25) is 0 Å². The van der Waals surface area contributed by atoms with Crippen LogP contribution in [0, 0.1) is 11.2 Å². The lowest BCUT2D eigenvalue weighted by Crippen LogP contribution is -2.56. The molecule has 0 saturated carbocycles. The zero-order chi connectivity index (χ0) is 25.1. The Morgan fingerprint density at radius 1 is 1.09 bits per heavy atom. The molecule has 2 aromatic carbocycles. The summed E-state index contributed by atoms with van der Waals surface area (Å²) in [6.45, 7) is 8.36. The molecular weight excluding hydrogens is 467 g/mol. The highest BCUT2D eigenvalue weighted by Crippen LogP contribution is 2.46. The zero-order valence-electron chi connectivity index (χ0n) is 20.7. The van der Waals surface area contributed by atoms with E-state index >= 15 is 0 Å². The average molecular weight is 503 g/mol. The van der Waals surface area contributed by atoms with E-state index in [1.54, 1.807) is 12.1 Å². The fraction of sp³-hybridized carbons (Fsp3) is 0.536. The molecule has 0 aromatic heterocycles. The minimum atomic E-state index is -0.965. The third kappa shape index (κ3) is 6.49. The largest absolute Gasteiger partial charge is 0.385 e. The van der Waals surface area contributed by atoms with Crippen molar-refractivity contribution >= 4 is 17.4 Å². The number of carbonyl (C=O) groups excluding carboxylic acids is 1. The molecule has 2 heterocycles. The van der Waals surface area contributed by atoms with Gasteiger partial charge in [0.05, 0.1) is 24.8 Å². The van der Waals surface area contributed by atoms with Crippen LogP contribution in [0.4, 0.5) is 4.39 Å². The van der Waals surface area contributed by atoms with Gasteiger partial charge in [0.25, 0.3) is 0 Å². The van der Waals surface area contributed by atoms with Gasteiger partial charge < -0.3 is 9.84 Å². The van der Waals surface area contributed by atoms with Crippen molar-refractivity contribution in [3.05, 3.63) is 70.5 Å². The number of hydrogen-bond donors (Lipinski definition) is 1. The summed E-state index contributed by atoms with van der Waals surface area (Å²) in [5.74, 6) is -0.0598. The number of ketones is 1. The highest BCUT2D eigenvalue weighted by atomic mass is 35.5. The van der Waals surface area contributed by atoms with Crippen molar-refractivity contribution in [3.8, 4) is 0 Å². The van der Waals surface area contributed by atoms with Gasteiger partial charge in [-0.3, -0.25) is 14.6 Å². The maximum atomic E-state index is 13.2. The van der Waals surface area contributed by atoms with Crippen LogP contribution >= 0.6 is 11.6 Å². The van der Waals surface area contributed by atoms with E-state index in [1.165, 1.54) is 12.1 Å². The molecule has 190 valence electrons. The first-order valence-electron chi connectivity index (χ1n) is 12.5. The molecule has 1 N–H and O–H groups in total. The lowest BCUT2D eigenvalue weighted by Gasteiger charge is -2.50. The highest BCUT2D eigenvalue weighted by molar-refractivity contribution is 6.30. The number of carbonyl (C=O) groups is 1. The Labute approximate surface area is 212 Å². The Kier molecular flexibility index (Phi) is 8.29. The number of aliphatic hydroxyl groups is 1. The molecule has 2 aromatic rings. The Balaban J connectivity index is 1.31. The van der Waals surface area contributed by atoms with Gasteiger partial charge in [0.15, 0.2) is 5.78 Å². The van der Waals surface area contributed by atoms with E-state index in [0.717, 1.165) is 24.1 Å². The molecule has 2 fully saturated rings. The van der Waals surface area contributed by atoms with Crippen molar-refractivity contribution in [1.82, 2.24) is 9.80 Å². The molecule has 0 aliphatic carbocycles. The van der Waals surface area contributed by atoms with E-state index in [0.29, 0.717) is 57.2 Å². The number of Topliss-reactive ketones (excluding diaryl/α,β-unsaturated/α-hetero) is 1. The second kappa shape index (κ2) is 11.1. The molecule has 7 heteroatoms. The topological polar surface area (TPSA) is 53.0 Å². The fourth-order valence-electron chi connectivity index (χ4n) is 5.49. The number of nitrogens with zero attached hydrogens (tertiary/aromatic N) is 2. The van der Waals surface area contributed by atoms with Crippen LogP contribution in [0.1, 0.15) is 37.8 Å². The fourth-order valence-corrected chi connectivity index (χ4v) is 5.62. The highest BCUT2D eigenvalue weighted by Gasteiger charge is 2.48. The Bertz CT molecular complexity index is 998. The molecule has 0 spiro atoms. The molecule has 0 amide bonds. The molecule has 0 bridgehead atoms. The minimum absolute atomic E-state index is 0.0148. The number of rotatable bonds is 7. The number of halogens is 2. The summed E-state index contributed by atoms with van der Waals surface area (Å²) in [6, 6.07) is 14.0. The van der Waals surface area contributed by atoms with E-state index in [9.17, 15) is 14.3 Å². The van der Waals surface area contributed by atoms with Gasteiger partial charge in [-0.15, -0.1) is 0 Å². The van der Waals surface area contributed by atoms with Crippen molar-refractivity contribution in [1.29, 1.82) is 0 Å². The van der Waals surface area contributed by atoms with Crippen LogP contribution in [-0.4, -0.2) is 72.7 Å². The van der Waals surface area contributed by atoms with E-state index in [4.69, 9.17) is 16.3 Å². The lowest BCUT2D eigenvalue weighted by molar-refractivity contribution is -0.136. The first-order chi connectivity index (χ1) is 16.6. The summed E-state index contributed by atoms with van der Waals surface area (Å²) in [6.07, 6.45) is 2.14. The lowest BCUT2D eigenvalue weighted by atomic mass is 9.66. The number of piperidine rings is 1. The number of benzene rings is 2. The van der Waals surface area contributed by atoms with Crippen LogP contribution in [0.2, 0.25) is 5.02 Å². The smallest absolute Gasteiger partial charge is 0.160 e. The quantitative estimate of drug-likeness (QED) is 0.611. The molecule has 2 unspecified atom stereocenters. The van der Waals surface area contributed by atoms with Crippen molar-refractivity contribution in [3.63, 3.8) is 0 Å². The summed E-state index contributed by atoms with van der Waals surface area (Å²) in [7, 11) is 0. The maximum absolute atomic E-state index is 13.2. The summed E-state index contributed by atoms with van der Waals surface area (Å²) in [5.41, 5.74) is 0.519. The number of hydrogen-bond acceptors (Lipinski definition) is 5. The zero-order valence-corrected chi connectivity index (χ0v) is 21.4. The van der Waals surface area contributed by atoms with Gasteiger partial charge in [-0.05, 0) is 54.7 Å². The second-order valence-electron chi connectivity index (χ2n) is 10.7. The van der Waals surface area contributed by atoms with Crippen LogP contribution in [0.3, 0.4) is 0 Å². The van der Waals surface area contributed by atoms with Crippen LogP contribution in [0.15, 0.2) is 48.5 Å². The molecule has 2 saturated heterocycles. The Morgan fingerprint density at radius 2 is 1.77 bits per heavy atom. The van der Waals surface area contributed by atoms with Crippen LogP contribution in [0.25, 0.3) is 0 Å². The van der Waals surface area contributed by atoms with Crippen molar-refractivity contribution in [2.24, 2.45) is 5.41 Å². The summed E-state index contributed by atoms with van der Waals surface area (Å²) in [5, 5.41) is 12.2. The standard InChI is InChI=1S/C28H36ClFN2O3/c1-27(2)20-32(14-12-28(27,34)22-6-8-23(29)9-7-22)18-25(33)17-31-13-3-15-35-26(19-31)16-21-4-10-24(30)11-5-21/h4-11,26,34H,3,12-20H2,1-2H3. The Hall–Kier alpha value is -1.83. The Morgan fingerprint density at radius 3 is 2.46 bits per heavy atom. The molecule has 35 heavy (non-hydrogen) atoms. The van der Waals surface area contributed by atoms with E-state index < -0.39 is 11.0 Å². The number of likely N-dealkylation sites (tertiary alicyclic amines) is 1. The number of ether oxygens (including phenoxy) is 1. The van der Waals surface area contributed by atoms with Gasteiger partial charge in [-0.1, -0.05) is 49.7 Å². The van der Waals surface area contributed by atoms with E-state index in [-0.39, 0.29) is 17.7 Å². The van der Waals surface area contributed by atoms with Crippen molar-refractivity contribution < 1.29 is 19.0 Å². The molecule has 2 aliphatic rings. The molecule has 0 radical (unpaired) electrons. The average Bonchev–Trinajstić information content (AvgIpc) is 3.02. The monoisotopic (exact) mass is 502 g/mol. The SMILES string of the molecule is CC1(C)CN(CC(=O)CN2CCCOC(Cc3ccc(F)cc3)C2)CCC1(O)c1ccc(Cl)cc1. The summed E-state index contributed by atoms with van der Waals surface area (Å²) < 4.78 is 19.2. The van der Waals surface area contributed by atoms with Crippen molar-refractivity contribution in [2.75, 3.05) is 45.9 Å². The van der Waals surface area contributed by atoms with Gasteiger partial charge in [-0.25, -0.2) is 4.39 Å². The molecular formula is C28H36ClFN2O3. The molecule has 2 aliphatic heterocycles. The molecule has 4 rings (SSSR count). The van der Waals surface area contributed by atoms with Gasteiger partial charge >= 0.3 is 0 Å². The first-order valence-corrected chi connectivity index (χ1v) is 12.8. The third-order valence-electron chi connectivity index (χ3n) is 7.46. The maximum Gasteiger partial charge on any atom is 0.160 e. The van der Waals surface area contributed by atoms with Crippen LogP contribution in [-0.2, 0) is 21.6 Å². The second-order valence-corrected chi connectivity index (χ2v) is 11.1. The predicted molar refractivity (Wildman–Crippen MR) is 136 cm³/mol. The van der Waals surface area contributed by atoms with Crippen molar-refractivity contribution in [2.45, 2.75) is 44.8 Å². The van der Waals surface area contributed by atoms with E-state index in [2.05, 4.69) is 23.6 Å². The van der Waals surface area contributed by atoms with Crippen LogP contribution in [0.5, 0.6) is 0 Å². The van der Waals surface area contributed by atoms with Gasteiger partial charge in [0, 0.05) is 43.2 Å². The van der Waals surface area contributed by atoms with E-state index in [1.807, 2.05) is 24.3 Å². The minimum Gasteiger partial charge on any atom is -0.385 e. The predicted octanol–water partition coefficient (Wildman–Crippen LogP) is 4.30. The molecule has 2 atom stereocenters. The normalized spacial score (nSPS) is 25.8. The molecule has 5 nitrogen and oxygen atoms in total. The van der Waals surface area contributed by atoms with Gasteiger partial charge in [0.1, 0.15) is 5.82 Å².